The lowest BCUT2D eigenvalue weighted by atomic mass is 10.1. The molecule has 1 rings (SSSR count). The number of pyridine rings is 1. The Kier molecular flexibility index (Phi) is 6.82. The van der Waals surface area contributed by atoms with Crippen molar-refractivity contribution in [2.24, 2.45) is 0 Å². The minimum Gasteiger partial charge on any atom is -0.393 e. The van der Waals surface area contributed by atoms with Crippen molar-refractivity contribution in [2.45, 2.75) is 38.7 Å². The number of unbranched alkanes of at least 4 members (excludes halogenated alkanes) is 1. The Morgan fingerprint density at radius 1 is 1.29 bits per heavy atom. The van der Waals surface area contributed by atoms with E-state index in [4.69, 9.17) is 5.11 Å². The summed E-state index contributed by atoms with van der Waals surface area (Å²) < 4.78 is 0. The summed E-state index contributed by atoms with van der Waals surface area (Å²) in [5.74, 6) is 0. The molecule has 3 nitrogen and oxygen atoms in total. The van der Waals surface area contributed by atoms with Crippen molar-refractivity contribution in [1.29, 1.82) is 0 Å². The van der Waals surface area contributed by atoms with Gasteiger partial charge in [0.05, 0.1) is 6.10 Å². The van der Waals surface area contributed by atoms with E-state index in [1.165, 1.54) is 0 Å². The molecule has 1 heterocycles. The maximum absolute atomic E-state index is 9.15. The molecule has 0 fully saturated rings. The molecule has 0 saturated carbocycles. The summed E-state index contributed by atoms with van der Waals surface area (Å²) in [6.45, 7) is 4.00. The first-order valence-electron chi connectivity index (χ1n) is 6.45. The van der Waals surface area contributed by atoms with Crippen molar-refractivity contribution < 1.29 is 5.11 Å². The summed E-state index contributed by atoms with van der Waals surface area (Å²) in [5, 5.41) is 9.15. The van der Waals surface area contributed by atoms with Gasteiger partial charge in [0.25, 0.3) is 0 Å². The molecule has 1 N–H and O–H groups in total. The Balaban J connectivity index is 2.07. The average Bonchev–Trinajstić information content (AvgIpc) is 2.33. The summed E-state index contributed by atoms with van der Waals surface area (Å²) in [6, 6.07) is 6.05. The van der Waals surface area contributed by atoms with Crippen molar-refractivity contribution in [2.75, 3.05) is 20.1 Å². The van der Waals surface area contributed by atoms with E-state index in [0.29, 0.717) is 0 Å². The zero-order valence-electron chi connectivity index (χ0n) is 11.0. The van der Waals surface area contributed by atoms with Crippen LogP contribution in [0.15, 0.2) is 24.4 Å². The van der Waals surface area contributed by atoms with Crippen molar-refractivity contribution in [1.82, 2.24) is 9.88 Å². The van der Waals surface area contributed by atoms with E-state index in [2.05, 4.69) is 23.0 Å². The quantitative estimate of drug-likeness (QED) is 0.702. The van der Waals surface area contributed by atoms with Crippen LogP contribution in [0.25, 0.3) is 0 Å². The molecular weight excluding hydrogens is 212 g/mol. The SMILES string of the molecule is CC(O)CCCCN(C)CCc1ccccn1. The van der Waals surface area contributed by atoms with Crippen LogP contribution in [-0.2, 0) is 6.42 Å². The van der Waals surface area contributed by atoms with Crippen molar-refractivity contribution >= 4 is 0 Å². The molecule has 0 aliphatic rings. The van der Waals surface area contributed by atoms with Gasteiger partial charge in [0.15, 0.2) is 0 Å². The van der Waals surface area contributed by atoms with Gasteiger partial charge in [-0.1, -0.05) is 6.07 Å². The van der Waals surface area contributed by atoms with Crippen LogP contribution in [0.3, 0.4) is 0 Å². The van der Waals surface area contributed by atoms with Gasteiger partial charge in [-0.05, 0) is 51.9 Å². The molecule has 1 atom stereocenters. The van der Waals surface area contributed by atoms with Gasteiger partial charge in [0.1, 0.15) is 0 Å². The van der Waals surface area contributed by atoms with Crippen LogP contribution in [0.2, 0.25) is 0 Å². The number of hydrogen-bond donors (Lipinski definition) is 1. The minimum atomic E-state index is -0.158. The predicted molar refractivity (Wildman–Crippen MR) is 71.0 cm³/mol. The summed E-state index contributed by atoms with van der Waals surface area (Å²) in [5.41, 5.74) is 1.16. The van der Waals surface area contributed by atoms with E-state index in [0.717, 1.165) is 44.5 Å². The smallest absolute Gasteiger partial charge is 0.0512 e. The molecular formula is C14H24N2O. The Hall–Kier alpha value is -0.930. The topological polar surface area (TPSA) is 36.4 Å². The number of aliphatic hydroxyl groups is 1. The molecule has 96 valence electrons. The Bertz CT molecular complexity index is 288. The minimum absolute atomic E-state index is 0.158. The van der Waals surface area contributed by atoms with Crippen LogP contribution in [0.4, 0.5) is 0 Å². The predicted octanol–water partition coefficient (Wildman–Crippen LogP) is 2.11. The lowest BCUT2D eigenvalue weighted by molar-refractivity contribution is 0.178. The molecule has 0 radical (unpaired) electrons. The maximum atomic E-state index is 9.15. The highest BCUT2D eigenvalue weighted by atomic mass is 16.3. The van der Waals surface area contributed by atoms with E-state index >= 15 is 0 Å². The molecule has 0 aromatic carbocycles. The molecule has 3 heteroatoms. The number of aromatic nitrogens is 1. The van der Waals surface area contributed by atoms with Gasteiger partial charge in [-0.3, -0.25) is 4.98 Å². The molecule has 0 spiro atoms. The lowest BCUT2D eigenvalue weighted by Crippen LogP contribution is -2.22. The van der Waals surface area contributed by atoms with E-state index in [1.54, 1.807) is 0 Å². The van der Waals surface area contributed by atoms with Gasteiger partial charge in [-0.25, -0.2) is 0 Å². The second-order valence-corrected chi connectivity index (χ2v) is 4.72. The fraction of sp³-hybridized carbons (Fsp3) is 0.643. The molecule has 0 bridgehead atoms. The molecule has 0 saturated heterocycles. The van der Waals surface area contributed by atoms with Gasteiger partial charge in [-0.2, -0.15) is 0 Å². The number of hydrogen-bond acceptors (Lipinski definition) is 3. The number of aliphatic hydroxyl groups excluding tert-OH is 1. The van der Waals surface area contributed by atoms with Crippen LogP contribution >= 0.6 is 0 Å². The van der Waals surface area contributed by atoms with Crippen molar-refractivity contribution in [3.8, 4) is 0 Å². The molecule has 17 heavy (non-hydrogen) atoms. The Labute approximate surface area is 104 Å². The fourth-order valence-electron chi connectivity index (χ4n) is 1.78. The summed E-state index contributed by atoms with van der Waals surface area (Å²) in [7, 11) is 2.14. The lowest BCUT2D eigenvalue weighted by Gasteiger charge is -2.16. The third-order valence-electron chi connectivity index (χ3n) is 2.89. The van der Waals surface area contributed by atoms with Gasteiger partial charge in [0, 0.05) is 24.9 Å². The van der Waals surface area contributed by atoms with Crippen LogP contribution in [0.5, 0.6) is 0 Å². The van der Waals surface area contributed by atoms with Crippen LogP contribution in [0, 0.1) is 0 Å². The van der Waals surface area contributed by atoms with Gasteiger partial charge < -0.3 is 10.0 Å². The summed E-state index contributed by atoms with van der Waals surface area (Å²) >= 11 is 0. The van der Waals surface area contributed by atoms with Gasteiger partial charge in [0.2, 0.25) is 0 Å². The molecule has 0 aliphatic heterocycles. The highest BCUT2D eigenvalue weighted by molar-refractivity contribution is 5.03. The maximum Gasteiger partial charge on any atom is 0.0512 e. The van der Waals surface area contributed by atoms with E-state index in [-0.39, 0.29) is 6.10 Å². The normalized spacial score (nSPS) is 12.9. The third kappa shape index (κ3) is 7.08. The fourth-order valence-corrected chi connectivity index (χ4v) is 1.78. The first kappa shape index (κ1) is 14.1. The van der Waals surface area contributed by atoms with Gasteiger partial charge >= 0.3 is 0 Å². The standard InChI is InChI=1S/C14H24N2O/c1-13(17)7-4-6-11-16(2)12-9-14-8-3-5-10-15-14/h3,5,8,10,13,17H,4,6-7,9,11-12H2,1-2H3. The second-order valence-electron chi connectivity index (χ2n) is 4.72. The van der Waals surface area contributed by atoms with Gasteiger partial charge in [-0.15, -0.1) is 0 Å². The summed E-state index contributed by atoms with van der Waals surface area (Å²) in [6.07, 6.45) is 5.86. The van der Waals surface area contributed by atoms with Crippen LogP contribution in [0.1, 0.15) is 31.9 Å². The molecule has 1 unspecified atom stereocenters. The molecule has 1 aromatic heterocycles. The monoisotopic (exact) mass is 236 g/mol. The zero-order chi connectivity index (χ0) is 12.5. The Morgan fingerprint density at radius 3 is 2.76 bits per heavy atom. The highest BCUT2D eigenvalue weighted by Gasteiger charge is 2.01. The first-order valence-corrected chi connectivity index (χ1v) is 6.45. The van der Waals surface area contributed by atoms with E-state index in [9.17, 15) is 0 Å². The highest BCUT2D eigenvalue weighted by Crippen LogP contribution is 2.02. The van der Waals surface area contributed by atoms with E-state index in [1.807, 2.05) is 25.3 Å². The second kappa shape index (κ2) is 8.20. The molecule has 0 aliphatic carbocycles. The zero-order valence-corrected chi connectivity index (χ0v) is 11.0. The molecule has 0 amide bonds. The number of likely N-dealkylation sites (N-methyl/N-ethyl adjacent to an activating group) is 1. The third-order valence-corrected chi connectivity index (χ3v) is 2.89. The van der Waals surface area contributed by atoms with Crippen LogP contribution in [-0.4, -0.2) is 41.2 Å². The van der Waals surface area contributed by atoms with Crippen molar-refractivity contribution in [3.63, 3.8) is 0 Å². The number of rotatable bonds is 8. The first-order chi connectivity index (χ1) is 8.18. The largest absolute Gasteiger partial charge is 0.393 e. The summed E-state index contributed by atoms with van der Waals surface area (Å²) in [4.78, 5) is 6.64. The van der Waals surface area contributed by atoms with Crippen LogP contribution < -0.4 is 0 Å². The van der Waals surface area contributed by atoms with E-state index < -0.39 is 0 Å². The molecule has 1 aromatic rings. The average molecular weight is 236 g/mol. The number of nitrogens with zero attached hydrogens (tertiary/aromatic N) is 2. The van der Waals surface area contributed by atoms with Crippen molar-refractivity contribution in [3.05, 3.63) is 30.1 Å². The Morgan fingerprint density at radius 2 is 2.12 bits per heavy atom.